The highest BCUT2D eigenvalue weighted by molar-refractivity contribution is 7.71. The van der Waals surface area contributed by atoms with E-state index in [-0.39, 0.29) is 6.61 Å². The Labute approximate surface area is 138 Å². The Kier molecular flexibility index (Phi) is 5.09. The topological polar surface area (TPSA) is 53.9 Å². The van der Waals surface area contributed by atoms with Crippen LogP contribution in [0.1, 0.15) is 5.89 Å². The predicted octanol–water partition coefficient (Wildman–Crippen LogP) is 1.31. The SMILES string of the molecule is S=c1oc(COc2ccccc2Cl)nn1C[NH+]1CCOCC1. The van der Waals surface area contributed by atoms with Crippen molar-refractivity contribution in [1.29, 1.82) is 0 Å². The van der Waals surface area contributed by atoms with Crippen LogP contribution in [0.2, 0.25) is 5.02 Å². The van der Waals surface area contributed by atoms with Gasteiger partial charge in [0.25, 0.3) is 10.7 Å². The van der Waals surface area contributed by atoms with Crippen molar-refractivity contribution in [3.8, 4) is 5.75 Å². The third kappa shape index (κ3) is 3.86. The van der Waals surface area contributed by atoms with E-state index >= 15 is 0 Å². The van der Waals surface area contributed by atoms with E-state index in [1.165, 1.54) is 4.90 Å². The van der Waals surface area contributed by atoms with E-state index in [2.05, 4.69) is 5.10 Å². The van der Waals surface area contributed by atoms with E-state index in [1.807, 2.05) is 12.1 Å². The van der Waals surface area contributed by atoms with Crippen molar-refractivity contribution in [2.45, 2.75) is 13.3 Å². The Hall–Kier alpha value is -1.41. The standard InChI is InChI=1S/C14H16ClN3O3S/c15-11-3-1-2-4-12(11)20-9-13-16-18(14(22)21-13)10-17-5-7-19-8-6-17/h1-4H,5-10H2/p+1. The van der Waals surface area contributed by atoms with Crippen LogP contribution in [0.3, 0.4) is 0 Å². The van der Waals surface area contributed by atoms with Crippen LogP contribution in [-0.4, -0.2) is 36.1 Å². The molecular weight excluding hydrogens is 326 g/mol. The minimum Gasteiger partial charge on any atom is -0.482 e. The highest BCUT2D eigenvalue weighted by atomic mass is 35.5. The van der Waals surface area contributed by atoms with Crippen molar-refractivity contribution in [2.24, 2.45) is 0 Å². The Morgan fingerprint density at radius 1 is 1.32 bits per heavy atom. The van der Waals surface area contributed by atoms with Gasteiger partial charge in [0.2, 0.25) is 0 Å². The van der Waals surface area contributed by atoms with Gasteiger partial charge in [0.15, 0.2) is 13.3 Å². The Bertz CT molecular complexity index is 682. The number of nitrogens with zero attached hydrogens (tertiary/aromatic N) is 2. The van der Waals surface area contributed by atoms with E-state index in [0.717, 1.165) is 26.3 Å². The fourth-order valence-electron chi connectivity index (χ4n) is 2.24. The summed E-state index contributed by atoms with van der Waals surface area (Å²) in [5.74, 6) is 1.04. The van der Waals surface area contributed by atoms with E-state index in [0.29, 0.717) is 28.2 Å². The third-order valence-electron chi connectivity index (χ3n) is 3.41. The second kappa shape index (κ2) is 7.23. The number of halogens is 1. The Balaban J connectivity index is 1.62. The highest BCUT2D eigenvalue weighted by Gasteiger charge is 2.16. The van der Waals surface area contributed by atoms with E-state index < -0.39 is 0 Å². The molecule has 0 amide bonds. The first-order chi connectivity index (χ1) is 10.7. The summed E-state index contributed by atoms with van der Waals surface area (Å²) in [5.41, 5.74) is 0. The molecule has 0 atom stereocenters. The zero-order valence-electron chi connectivity index (χ0n) is 12.0. The molecule has 1 aromatic carbocycles. The molecule has 22 heavy (non-hydrogen) atoms. The van der Waals surface area contributed by atoms with Crippen molar-refractivity contribution in [3.05, 3.63) is 40.0 Å². The van der Waals surface area contributed by atoms with E-state index in [1.54, 1.807) is 16.8 Å². The molecule has 2 heterocycles. The molecule has 1 fully saturated rings. The Morgan fingerprint density at radius 2 is 2.09 bits per heavy atom. The molecule has 0 spiro atoms. The number of ether oxygens (including phenoxy) is 2. The second-order valence-corrected chi connectivity index (χ2v) is 5.76. The normalized spacial score (nSPS) is 15.9. The lowest BCUT2D eigenvalue weighted by atomic mass is 10.3. The van der Waals surface area contributed by atoms with Gasteiger partial charge in [-0.15, -0.1) is 5.10 Å². The van der Waals surface area contributed by atoms with Crippen molar-refractivity contribution < 1.29 is 18.8 Å². The molecule has 0 aliphatic carbocycles. The van der Waals surface area contributed by atoms with Gasteiger partial charge in [-0.05, 0) is 24.4 Å². The maximum Gasteiger partial charge on any atom is 0.291 e. The quantitative estimate of drug-likeness (QED) is 0.830. The van der Waals surface area contributed by atoms with Gasteiger partial charge >= 0.3 is 0 Å². The molecule has 6 nitrogen and oxygen atoms in total. The van der Waals surface area contributed by atoms with E-state index in [9.17, 15) is 0 Å². The maximum absolute atomic E-state index is 6.04. The molecule has 0 saturated carbocycles. The van der Waals surface area contributed by atoms with Gasteiger partial charge in [-0.3, -0.25) is 0 Å². The van der Waals surface area contributed by atoms with Crippen molar-refractivity contribution in [3.63, 3.8) is 0 Å². The fraction of sp³-hybridized carbons (Fsp3) is 0.429. The van der Waals surface area contributed by atoms with Gasteiger partial charge in [0.05, 0.1) is 18.2 Å². The summed E-state index contributed by atoms with van der Waals surface area (Å²) in [7, 11) is 0. The van der Waals surface area contributed by atoms with Crippen LogP contribution in [-0.2, 0) is 18.0 Å². The van der Waals surface area contributed by atoms with Crippen LogP contribution >= 0.6 is 23.8 Å². The molecule has 1 N–H and O–H groups in total. The molecule has 2 aromatic rings. The zero-order valence-corrected chi connectivity index (χ0v) is 13.5. The lowest BCUT2D eigenvalue weighted by molar-refractivity contribution is -0.931. The fourth-order valence-corrected chi connectivity index (χ4v) is 2.63. The number of para-hydroxylation sites is 1. The van der Waals surface area contributed by atoms with Gasteiger partial charge in [-0.1, -0.05) is 23.7 Å². The molecule has 1 saturated heterocycles. The van der Waals surface area contributed by atoms with Crippen LogP contribution in [0.4, 0.5) is 0 Å². The largest absolute Gasteiger partial charge is 0.482 e. The number of rotatable bonds is 5. The van der Waals surface area contributed by atoms with Crippen molar-refractivity contribution in [1.82, 2.24) is 9.78 Å². The van der Waals surface area contributed by atoms with Crippen molar-refractivity contribution in [2.75, 3.05) is 26.3 Å². The molecule has 3 rings (SSSR count). The highest BCUT2D eigenvalue weighted by Crippen LogP contribution is 2.23. The first-order valence-corrected chi connectivity index (χ1v) is 7.86. The van der Waals surface area contributed by atoms with Crippen LogP contribution in [0.5, 0.6) is 5.75 Å². The summed E-state index contributed by atoms with van der Waals surface area (Å²) >= 11 is 11.2. The van der Waals surface area contributed by atoms with Gasteiger partial charge < -0.3 is 18.8 Å². The summed E-state index contributed by atoms with van der Waals surface area (Å²) < 4.78 is 18.1. The number of morpholine rings is 1. The molecule has 0 unspecified atom stereocenters. The van der Waals surface area contributed by atoms with Crippen LogP contribution < -0.4 is 9.64 Å². The molecule has 1 aliphatic heterocycles. The molecule has 0 bridgehead atoms. The first kappa shape index (κ1) is 15.5. The molecule has 8 heteroatoms. The van der Waals surface area contributed by atoms with Gasteiger partial charge in [0, 0.05) is 0 Å². The first-order valence-electron chi connectivity index (χ1n) is 7.08. The lowest BCUT2D eigenvalue weighted by Gasteiger charge is -2.22. The molecular formula is C14H17ClN3O3S+. The number of benzene rings is 1. The number of aromatic nitrogens is 2. The third-order valence-corrected chi connectivity index (χ3v) is 4.02. The van der Waals surface area contributed by atoms with Crippen LogP contribution in [0.25, 0.3) is 0 Å². The summed E-state index contributed by atoms with van der Waals surface area (Å²) in [4.78, 5) is 1.73. The minimum absolute atomic E-state index is 0.193. The lowest BCUT2D eigenvalue weighted by Crippen LogP contribution is -3.13. The smallest absolute Gasteiger partial charge is 0.291 e. The Morgan fingerprint density at radius 3 is 2.86 bits per heavy atom. The van der Waals surface area contributed by atoms with Crippen LogP contribution in [0.15, 0.2) is 28.7 Å². The monoisotopic (exact) mass is 342 g/mol. The number of nitrogens with one attached hydrogen (secondary N) is 1. The number of hydrogen-bond acceptors (Lipinski definition) is 5. The number of quaternary nitrogens is 1. The van der Waals surface area contributed by atoms with E-state index in [4.69, 9.17) is 37.7 Å². The van der Waals surface area contributed by atoms with Gasteiger partial charge in [-0.2, -0.15) is 4.68 Å². The average molecular weight is 343 g/mol. The van der Waals surface area contributed by atoms with Crippen molar-refractivity contribution >= 4 is 23.8 Å². The number of hydrogen-bond donors (Lipinski definition) is 1. The summed E-state index contributed by atoms with van der Waals surface area (Å²) in [6, 6.07) is 7.27. The summed E-state index contributed by atoms with van der Waals surface area (Å²) in [6.07, 6.45) is 0. The molecule has 1 aliphatic rings. The average Bonchev–Trinajstić information content (AvgIpc) is 2.88. The maximum atomic E-state index is 6.04. The predicted molar refractivity (Wildman–Crippen MR) is 82.6 cm³/mol. The molecule has 1 aromatic heterocycles. The summed E-state index contributed by atoms with van der Waals surface area (Å²) in [6.45, 7) is 4.29. The summed E-state index contributed by atoms with van der Waals surface area (Å²) in [5, 5.41) is 4.92. The molecule has 118 valence electrons. The molecule has 0 radical (unpaired) electrons. The van der Waals surface area contributed by atoms with Gasteiger partial charge in [0.1, 0.15) is 18.8 Å². The van der Waals surface area contributed by atoms with Crippen LogP contribution in [0, 0.1) is 4.84 Å². The second-order valence-electron chi connectivity index (χ2n) is 5.00. The zero-order chi connectivity index (χ0) is 15.4. The van der Waals surface area contributed by atoms with Gasteiger partial charge in [-0.25, -0.2) is 0 Å². The minimum atomic E-state index is 0.193.